The van der Waals surface area contributed by atoms with E-state index in [9.17, 15) is 9.59 Å². The van der Waals surface area contributed by atoms with Crippen LogP contribution in [0.2, 0.25) is 10.0 Å². The van der Waals surface area contributed by atoms with Crippen LogP contribution in [0.4, 0.5) is 0 Å². The zero-order valence-electron chi connectivity index (χ0n) is 13.1. The number of hydrogen-bond donors (Lipinski definition) is 1. The van der Waals surface area contributed by atoms with Gasteiger partial charge < -0.3 is 10.1 Å². The largest absolute Gasteiger partial charge is 0.448 e. The number of carbonyl (C=O) groups is 2. The maximum Gasteiger partial charge on any atom is 0.357 e. The van der Waals surface area contributed by atoms with E-state index in [0.717, 1.165) is 5.56 Å². The Bertz CT molecular complexity index is 738. The van der Waals surface area contributed by atoms with Gasteiger partial charge in [-0.3, -0.25) is 4.79 Å². The zero-order valence-corrected chi connectivity index (χ0v) is 14.6. The fourth-order valence-corrected chi connectivity index (χ4v) is 2.59. The predicted octanol–water partition coefficient (Wildman–Crippen LogP) is 3.81. The summed E-state index contributed by atoms with van der Waals surface area (Å²) in [5.74, 6) is -1.09. The molecule has 1 N–H and O–H groups in total. The van der Waals surface area contributed by atoms with E-state index in [1.165, 1.54) is 19.2 Å². The van der Waals surface area contributed by atoms with Crippen molar-refractivity contribution >= 4 is 35.1 Å². The molecule has 2 rings (SSSR count). The molecule has 0 aliphatic rings. The van der Waals surface area contributed by atoms with E-state index in [0.29, 0.717) is 10.0 Å². The van der Waals surface area contributed by atoms with Gasteiger partial charge in [-0.1, -0.05) is 35.3 Å². The maximum absolute atomic E-state index is 12.2. The van der Waals surface area contributed by atoms with Crippen molar-refractivity contribution < 1.29 is 14.3 Å². The Morgan fingerprint density at radius 2 is 1.92 bits per heavy atom. The molecule has 1 aromatic carbocycles. The number of ether oxygens (including phenoxy) is 1. The van der Waals surface area contributed by atoms with Gasteiger partial charge in [-0.05, 0) is 43.7 Å². The van der Waals surface area contributed by atoms with Crippen LogP contribution in [-0.4, -0.2) is 23.0 Å². The van der Waals surface area contributed by atoms with E-state index in [-0.39, 0.29) is 11.7 Å². The number of amides is 1. The van der Waals surface area contributed by atoms with Crippen molar-refractivity contribution in [2.75, 3.05) is 0 Å². The summed E-state index contributed by atoms with van der Waals surface area (Å²) < 4.78 is 5.12. The molecule has 0 bridgehead atoms. The molecular formula is C17H16Cl2N2O3. The summed E-state index contributed by atoms with van der Waals surface area (Å²) in [5, 5.41) is 3.72. The Kier molecular flexibility index (Phi) is 6.17. The molecule has 0 saturated heterocycles. The summed E-state index contributed by atoms with van der Waals surface area (Å²) in [5.41, 5.74) is 0.864. The second kappa shape index (κ2) is 8.13. The van der Waals surface area contributed by atoms with E-state index < -0.39 is 18.0 Å². The van der Waals surface area contributed by atoms with Gasteiger partial charge in [0, 0.05) is 16.2 Å². The summed E-state index contributed by atoms with van der Waals surface area (Å²) in [6.07, 6.45) is 0.513. The van der Waals surface area contributed by atoms with Gasteiger partial charge in [-0.2, -0.15) is 0 Å². The standard InChI is InChI=1S/C17H16Cl2N2O3/c1-10(13-7-6-12(18)9-14(13)19)21-16(22)11(2)24-17(23)15-5-3-4-8-20-15/h3-11H,1-2H3,(H,21,22)/t10-,11+/m1/s1. The van der Waals surface area contributed by atoms with E-state index in [4.69, 9.17) is 27.9 Å². The normalized spacial score (nSPS) is 13.0. The van der Waals surface area contributed by atoms with Crippen LogP contribution in [0.1, 0.15) is 35.9 Å². The highest BCUT2D eigenvalue weighted by molar-refractivity contribution is 6.35. The van der Waals surface area contributed by atoms with Gasteiger partial charge in [-0.25, -0.2) is 9.78 Å². The van der Waals surface area contributed by atoms with Crippen LogP contribution in [0.3, 0.4) is 0 Å². The van der Waals surface area contributed by atoms with Crippen molar-refractivity contribution in [3.8, 4) is 0 Å². The molecule has 0 fully saturated rings. The van der Waals surface area contributed by atoms with Crippen molar-refractivity contribution in [2.45, 2.75) is 26.0 Å². The molecule has 0 aliphatic heterocycles. The highest BCUT2D eigenvalue weighted by Crippen LogP contribution is 2.26. The average molecular weight is 367 g/mol. The highest BCUT2D eigenvalue weighted by atomic mass is 35.5. The van der Waals surface area contributed by atoms with Crippen LogP contribution in [0.25, 0.3) is 0 Å². The van der Waals surface area contributed by atoms with Crippen LogP contribution in [0.15, 0.2) is 42.6 Å². The third-order valence-electron chi connectivity index (χ3n) is 3.31. The lowest BCUT2D eigenvalue weighted by Gasteiger charge is -2.19. The van der Waals surface area contributed by atoms with Gasteiger partial charge in [-0.15, -0.1) is 0 Å². The molecule has 1 heterocycles. The van der Waals surface area contributed by atoms with Crippen LogP contribution in [0, 0.1) is 0 Å². The molecule has 0 saturated carbocycles. The number of nitrogens with zero attached hydrogens (tertiary/aromatic N) is 1. The van der Waals surface area contributed by atoms with Crippen LogP contribution in [-0.2, 0) is 9.53 Å². The number of rotatable bonds is 5. The first-order chi connectivity index (χ1) is 11.4. The molecule has 0 aliphatic carbocycles. The second-order valence-electron chi connectivity index (χ2n) is 5.16. The lowest BCUT2D eigenvalue weighted by atomic mass is 10.1. The lowest BCUT2D eigenvalue weighted by molar-refractivity contribution is -0.129. The molecular weight excluding hydrogens is 351 g/mol. The van der Waals surface area contributed by atoms with Gasteiger partial charge in [0.05, 0.1) is 6.04 Å². The van der Waals surface area contributed by atoms with E-state index in [1.807, 2.05) is 0 Å². The Morgan fingerprint density at radius 3 is 2.54 bits per heavy atom. The molecule has 24 heavy (non-hydrogen) atoms. The number of carbonyl (C=O) groups excluding carboxylic acids is 2. The highest BCUT2D eigenvalue weighted by Gasteiger charge is 2.22. The van der Waals surface area contributed by atoms with Crippen molar-refractivity contribution in [3.05, 3.63) is 63.9 Å². The number of nitrogens with one attached hydrogen (secondary N) is 1. The summed E-state index contributed by atoms with van der Waals surface area (Å²) >= 11 is 12.0. The molecule has 1 amide bonds. The first-order valence-corrected chi connectivity index (χ1v) is 8.01. The first-order valence-electron chi connectivity index (χ1n) is 7.26. The molecule has 0 spiro atoms. The molecule has 7 heteroatoms. The van der Waals surface area contributed by atoms with Crippen molar-refractivity contribution in [1.82, 2.24) is 10.3 Å². The monoisotopic (exact) mass is 366 g/mol. The predicted molar refractivity (Wildman–Crippen MR) is 92.1 cm³/mol. The number of hydrogen-bond acceptors (Lipinski definition) is 4. The van der Waals surface area contributed by atoms with Crippen LogP contribution >= 0.6 is 23.2 Å². The molecule has 2 aromatic rings. The van der Waals surface area contributed by atoms with Crippen molar-refractivity contribution in [3.63, 3.8) is 0 Å². The number of benzene rings is 1. The summed E-state index contributed by atoms with van der Waals surface area (Å²) in [6.45, 7) is 3.27. The number of aromatic nitrogens is 1. The third-order valence-corrected chi connectivity index (χ3v) is 3.88. The fraction of sp³-hybridized carbons (Fsp3) is 0.235. The lowest BCUT2D eigenvalue weighted by Crippen LogP contribution is -2.37. The van der Waals surface area contributed by atoms with E-state index in [2.05, 4.69) is 10.3 Å². The second-order valence-corrected chi connectivity index (χ2v) is 6.00. The SMILES string of the molecule is C[C@H](OC(=O)c1ccccn1)C(=O)N[C@H](C)c1ccc(Cl)cc1Cl. The molecule has 1 aromatic heterocycles. The molecule has 0 unspecified atom stereocenters. The Balaban J connectivity index is 1.97. The van der Waals surface area contributed by atoms with Crippen molar-refractivity contribution in [1.29, 1.82) is 0 Å². The summed E-state index contributed by atoms with van der Waals surface area (Å²) in [4.78, 5) is 28.0. The summed E-state index contributed by atoms with van der Waals surface area (Å²) in [6, 6.07) is 9.53. The van der Waals surface area contributed by atoms with E-state index in [1.54, 1.807) is 37.3 Å². The summed E-state index contributed by atoms with van der Waals surface area (Å²) in [7, 11) is 0. The number of esters is 1. The van der Waals surface area contributed by atoms with Gasteiger partial charge in [0.2, 0.25) is 0 Å². The zero-order chi connectivity index (χ0) is 17.7. The minimum Gasteiger partial charge on any atom is -0.448 e. The molecule has 2 atom stereocenters. The van der Waals surface area contributed by atoms with Gasteiger partial charge >= 0.3 is 5.97 Å². The smallest absolute Gasteiger partial charge is 0.357 e. The Labute approximate surface area is 149 Å². The topological polar surface area (TPSA) is 68.3 Å². The van der Waals surface area contributed by atoms with Crippen molar-refractivity contribution in [2.24, 2.45) is 0 Å². The third kappa shape index (κ3) is 4.69. The van der Waals surface area contributed by atoms with Gasteiger partial charge in [0.1, 0.15) is 5.69 Å². The van der Waals surface area contributed by atoms with E-state index >= 15 is 0 Å². The first kappa shape index (κ1) is 18.2. The number of halogens is 2. The molecule has 0 radical (unpaired) electrons. The Hall–Kier alpha value is -2.11. The van der Waals surface area contributed by atoms with Gasteiger partial charge in [0.15, 0.2) is 6.10 Å². The van der Waals surface area contributed by atoms with Crippen LogP contribution < -0.4 is 5.32 Å². The fourth-order valence-electron chi connectivity index (χ4n) is 2.02. The van der Waals surface area contributed by atoms with Gasteiger partial charge in [0.25, 0.3) is 5.91 Å². The number of pyridine rings is 1. The molecule has 5 nitrogen and oxygen atoms in total. The maximum atomic E-state index is 12.2. The van der Waals surface area contributed by atoms with Crippen LogP contribution in [0.5, 0.6) is 0 Å². The minimum absolute atomic E-state index is 0.144. The quantitative estimate of drug-likeness (QED) is 0.816. The Morgan fingerprint density at radius 1 is 1.17 bits per heavy atom. The average Bonchev–Trinajstić information content (AvgIpc) is 2.55. The minimum atomic E-state index is -0.965. The molecule has 126 valence electrons.